The summed E-state index contributed by atoms with van der Waals surface area (Å²) in [6.07, 6.45) is -4.83. The quantitative estimate of drug-likeness (QED) is 0.150. The molecule has 0 heterocycles. The van der Waals surface area contributed by atoms with Crippen LogP contribution in [0.25, 0.3) is 11.1 Å². The molecule has 4 rings (SSSR count). The van der Waals surface area contributed by atoms with E-state index in [1.807, 2.05) is 0 Å². The molecule has 0 saturated carbocycles. The largest absolute Gasteiger partial charge is 0.573 e. The number of nitrogens with one attached hydrogen (secondary N) is 1. The molecule has 0 radical (unpaired) electrons. The van der Waals surface area contributed by atoms with Crippen LogP contribution >= 0.6 is 0 Å². The zero-order valence-corrected chi connectivity index (χ0v) is 20.0. The molecule has 4 aromatic rings. The summed E-state index contributed by atoms with van der Waals surface area (Å²) in [6.45, 7) is 0. The molecule has 0 aromatic heterocycles. The summed E-state index contributed by atoms with van der Waals surface area (Å²) >= 11 is 0. The summed E-state index contributed by atoms with van der Waals surface area (Å²) in [6, 6.07) is 19.7. The van der Waals surface area contributed by atoms with Gasteiger partial charge in [0.1, 0.15) is 23.0 Å². The number of hydrogen-bond donors (Lipinski definition) is 3. The van der Waals surface area contributed by atoms with Gasteiger partial charge in [0.15, 0.2) is 0 Å². The van der Waals surface area contributed by atoms with Gasteiger partial charge in [0.05, 0.1) is 5.69 Å². The number of carbonyl (C=O) groups excluding carboxylic acids is 1. The molecule has 1 amide bonds. The van der Waals surface area contributed by atoms with E-state index in [0.29, 0.717) is 11.1 Å². The third-order valence-corrected chi connectivity index (χ3v) is 6.02. The second-order valence-electron chi connectivity index (χ2n) is 7.84. The third kappa shape index (κ3) is 6.40. The molecule has 2 N–H and O–H groups in total. The highest BCUT2D eigenvalue weighted by Gasteiger charge is 2.31. The van der Waals surface area contributed by atoms with Gasteiger partial charge in [-0.3, -0.25) is 4.79 Å². The Morgan fingerprint density at radius 2 is 1.55 bits per heavy atom. The molecular weight excluding hydrogens is 528 g/mol. The first-order valence-corrected chi connectivity index (χ1v) is 11.9. The first-order chi connectivity index (χ1) is 18.0. The second kappa shape index (κ2) is 10.8. The Balaban J connectivity index is 1.54. The molecule has 0 aliphatic heterocycles. The number of nitrogens with zero attached hydrogens (tertiary/aromatic N) is 1. The maximum atomic E-state index is 13.3. The Hall–Kier alpha value is -4.58. The molecule has 12 heteroatoms. The number of aromatic hydroxyl groups is 1. The van der Waals surface area contributed by atoms with Crippen LogP contribution in [0.4, 0.5) is 34.6 Å². The molecule has 7 nitrogen and oxygen atoms in total. The van der Waals surface area contributed by atoms with E-state index in [4.69, 9.17) is 0 Å². The van der Waals surface area contributed by atoms with Gasteiger partial charge in [0.2, 0.25) is 10.9 Å². The fourth-order valence-electron chi connectivity index (χ4n) is 3.56. The van der Waals surface area contributed by atoms with E-state index in [-0.39, 0.29) is 28.4 Å². The number of rotatable bonds is 7. The van der Waals surface area contributed by atoms with Gasteiger partial charge in [-0.15, -0.1) is 13.2 Å². The Kier molecular flexibility index (Phi) is 7.53. The van der Waals surface area contributed by atoms with Crippen LogP contribution in [0.1, 0.15) is 10.4 Å². The van der Waals surface area contributed by atoms with Crippen molar-refractivity contribution < 1.29 is 40.6 Å². The number of ether oxygens (including phenoxy) is 1. The number of thiol groups is 1. The summed E-state index contributed by atoms with van der Waals surface area (Å²) in [5.41, 5.74) is 1.25. The molecule has 0 bridgehead atoms. The minimum atomic E-state index is -4.83. The fourth-order valence-corrected chi connectivity index (χ4v) is 4.22. The van der Waals surface area contributed by atoms with Gasteiger partial charge in [-0.2, -0.15) is 0 Å². The Morgan fingerprint density at radius 1 is 0.868 bits per heavy atom. The van der Waals surface area contributed by atoms with Crippen LogP contribution in [-0.4, -0.2) is 25.8 Å². The zero-order chi connectivity index (χ0) is 27.4. The van der Waals surface area contributed by atoms with Crippen LogP contribution in [0, 0.1) is 5.82 Å². The van der Waals surface area contributed by atoms with Crippen molar-refractivity contribution in [3.63, 3.8) is 0 Å². The van der Waals surface area contributed by atoms with Gasteiger partial charge in [-0.05, 0) is 77.9 Å². The van der Waals surface area contributed by atoms with E-state index in [2.05, 4.69) is 10.1 Å². The number of phenols is 1. The monoisotopic (exact) mass is 546 g/mol. The van der Waals surface area contributed by atoms with Crippen molar-refractivity contribution >= 4 is 33.9 Å². The predicted molar refractivity (Wildman–Crippen MR) is 133 cm³/mol. The normalized spacial score (nSPS) is 11.3. The van der Waals surface area contributed by atoms with Crippen molar-refractivity contribution in [3.8, 4) is 22.6 Å². The van der Waals surface area contributed by atoms with Crippen LogP contribution in [0.5, 0.6) is 11.5 Å². The lowest BCUT2D eigenvalue weighted by atomic mass is 10.0. The molecule has 0 atom stereocenters. The molecule has 4 aromatic carbocycles. The number of amides is 1. The minimum Gasteiger partial charge on any atom is -0.506 e. The van der Waals surface area contributed by atoms with E-state index in [1.54, 1.807) is 18.2 Å². The number of halogens is 4. The molecule has 0 fully saturated rings. The van der Waals surface area contributed by atoms with Gasteiger partial charge in [-0.25, -0.2) is 17.1 Å². The number of anilines is 3. The maximum absolute atomic E-state index is 13.3. The lowest BCUT2D eigenvalue weighted by molar-refractivity contribution is -0.274. The fraction of sp³-hybridized carbons (Fsp3) is 0.0385. The standard InChI is InChI=1S/C26H18F4N2O5S/c27-19-8-11-21(12-9-19)32(38(35)36)23-15-20(10-13-24(23)33)31-25(34)17-6-4-16(5-7-17)18-2-1-3-22(14-18)37-26(28,29)30/h1-15,33,38H,(H,31,34). The first kappa shape index (κ1) is 26.5. The molecule has 0 saturated heterocycles. The highest BCUT2D eigenvalue weighted by molar-refractivity contribution is 7.74. The first-order valence-electron chi connectivity index (χ1n) is 10.8. The highest BCUT2D eigenvalue weighted by atomic mass is 32.2. The van der Waals surface area contributed by atoms with Crippen molar-refractivity contribution in [2.24, 2.45) is 0 Å². The van der Waals surface area contributed by atoms with Gasteiger partial charge >= 0.3 is 6.36 Å². The summed E-state index contributed by atoms with van der Waals surface area (Å²) in [5, 5.41) is 12.9. The lowest BCUT2D eigenvalue weighted by Gasteiger charge is -2.20. The molecule has 0 aliphatic carbocycles. The summed E-state index contributed by atoms with van der Waals surface area (Å²) in [7, 11) is -3.29. The number of benzene rings is 4. The number of phenolic OH excluding ortho intramolecular Hbond substituents is 1. The summed E-state index contributed by atoms with van der Waals surface area (Å²) < 4.78 is 79.4. The van der Waals surface area contributed by atoms with E-state index in [9.17, 15) is 35.9 Å². The van der Waals surface area contributed by atoms with E-state index in [1.165, 1.54) is 60.7 Å². The van der Waals surface area contributed by atoms with Crippen LogP contribution in [0.15, 0.2) is 91.0 Å². The third-order valence-electron chi connectivity index (χ3n) is 5.24. The second-order valence-corrected chi connectivity index (χ2v) is 8.71. The smallest absolute Gasteiger partial charge is 0.506 e. The SMILES string of the molecule is O=C(Nc1ccc(O)c(N(c2ccc(F)cc2)[SH](=O)=O)c1)c1ccc(-c2cccc(OC(F)(F)F)c2)cc1. The molecular formula is C26H18F4N2O5S. The predicted octanol–water partition coefficient (Wildman–Crippen LogP) is 6.01. The Morgan fingerprint density at radius 3 is 2.18 bits per heavy atom. The number of alkyl halides is 3. The molecule has 0 aliphatic rings. The van der Waals surface area contributed by atoms with Gasteiger partial charge in [0.25, 0.3) is 5.91 Å². The topological polar surface area (TPSA) is 95.9 Å². The van der Waals surface area contributed by atoms with Crippen molar-refractivity contribution in [1.29, 1.82) is 0 Å². The van der Waals surface area contributed by atoms with Crippen LogP contribution in [-0.2, 0) is 10.9 Å². The van der Waals surface area contributed by atoms with Gasteiger partial charge in [0, 0.05) is 11.3 Å². The zero-order valence-electron chi connectivity index (χ0n) is 19.1. The maximum Gasteiger partial charge on any atom is 0.573 e. The van der Waals surface area contributed by atoms with E-state index < -0.39 is 34.7 Å². The van der Waals surface area contributed by atoms with E-state index in [0.717, 1.165) is 16.4 Å². The number of carbonyl (C=O) groups is 1. The average Bonchev–Trinajstić information content (AvgIpc) is 2.86. The van der Waals surface area contributed by atoms with E-state index >= 15 is 0 Å². The van der Waals surface area contributed by atoms with Crippen molar-refractivity contribution in [1.82, 2.24) is 0 Å². The van der Waals surface area contributed by atoms with Gasteiger partial charge < -0.3 is 15.2 Å². The van der Waals surface area contributed by atoms with Crippen LogP contribution in [0.3, 0.4) is 0 Å². The molecule has 0 spiro atoms. The van der Waals surface area contributed by atoms with Crippen molar-refractivity contribution in [2.75, 3.05) is 9.62 Å². The van der Waals surface area contributed by atoms with Crippen LogP contribution < -0.4 is 14.4 Å². The van der Waals surface area contributed by atoms with Crippen LogP contribution in [0.2, 0.25) is 0 Å². The highest BCUT2D eigenvalue weighted by Crippen LogP contribution is 2.36. The lowest BCUT2D eigenvalue weighted by Crippen LogP contribution is -2.17. The summed E-state index contributed by atoms with van der Waals surface area (Å²) in [5.74, 6) is -1.92. The molecule has 38 heavy (non-hydrogen) atoms. The molecule has 196 valence electrons. The average molecular weight is 546 g/mol. The Bertz CT molecular complexity index is 1530. The van der Waals surface area contributed by atoms with Gasteiger partial charge in [-0.1, -0.05) is 24.3 Å². The minimum absolute atomic E-state index is 0.0709. The number of hydrogen-bond acceptors (Lipinski definition) is 5. The summed E-state index contributed by atoms with van der Waals surface area (Å²) in [4.78, 5) is 12.8. The molecule has 0 unspecified atom stereocenters. The van der Waals surface area contributed by atoms with Crippen molar-refractivity contribution in [2.45, 2.75) is 6.36 Å². The van der Waals surface area contributed by atoms with Crippen molar-refractivity contribution in [3.05, 3.63) is 102 Å². The Labute approximate surface area is 215 Å².